The summed E-state index contributed by atoms with van der Waals surface area (Å²) in [6.45, 7) is -1.02. The molecule has 47 nitrogen and oxygen atoms in total. The number of aliphatic hydroxyl groups is 12. The Balaban J connectivity index is 1.37. The summed E-state index contributed by atoms with van der Waals surface area (Å²) in [6, 6.07) is -1.24. The van der Waals surface area contributed by atoms with Crippen molar-refractivity contribution in [1.82, 2.24) is 57.7 Å². The van der Waals surface area contributed by atoms with Gasteiger partial charge in [0.25, 0.3) is 17.7 Å². The van der Waals surface area contributed by atoms with Crippen molar-refractivity contribution in [2.75, 3.05) is 132 Å². The van der Waals surface area contributed by atoms with Crippen LogP contribution in [0.4, 0.5) is 0 Å². The highest BCUT2D eigenvalue weighted by molar-refractivity contribution is 7.47. The third-order valence-corrected chi connectivity index (χ3v) is 22.2. The van der Waals surface area contributed by atoms with Crippen LogP contribution in [0.2, 0.25) is 0 Å². The van der Waals surface area contributed by atoms with Gasteiger partial charge in [0, 0.05) is 105 Å². The molecule has 21 atom stereocenters. The number of benzene rings is 1. The molecule has 4 aliphatic heterocycles. The standard InChI is InChI=1S/C81H138N11O36P/c1-48(97)87-64-72(110)68(106)55(43-93)125-78(64)119-31-21-11-6-16-26-82-59(101)39-91(40-60(102)83-27-17-7-12-22-32-120-79-65(88-49(2)98)73(111)69(107)56(44-94)126-79)76(114)52-36-53(38-54(37-52)123-47-63(105)86-30-20-10-15-25-35-124-129(116,117)118-5)77(115)92(41-61(103)84-28-18-8-13-23-33-121-80-66(89-50(3)99)74(112)70(108)57(45-95)127-80)42-62(104)85-29-19-9-14-24-34-122-81-67(90-51(4)100)75(113)71(109)58(46-96)128-81/h36-38,55-58,64-75,78-81,93-96,106-113H,6-35,39-47H2,1-5H3,(H,82,101)(H,83,102)(H,84,103)(H,85,104)(H,86,105)(H,87,97)(H,88,98)(H,89,99)(H,90,100)(H,116,117). The molecule has 4 fully saturated rings. The molecule has 1 aromatic carbocycles. The lowest BCUT2D eigenvalue weighted by molar-refractivity contribution is -0.270. The van der Waals surface area contributed by atoms with Gasteiger partial charge in [0.15, 0.2) is 31.8 Å². The first-order valence-electron chi connectivity index (χ1n) is 43.8. The number of unbranched alkanes of at least 4 members (excludes halogenated alkanes) is 15. The molecule has 48 heteroatoms. The van der Waals surface area contributed by atoms with E-state index in [9.17, 15) is 114 Å². The molecule has 0 aromatic heterocycles. The highest BCUT2D eigenvalue weighted by Crippen LogP contribution is 2.42. The monoisotopic (exact) mass is 1870 g/mol. The van der Waals surface area contributed by atoms with Crippen LogP contribution in [0.5, 0.6) is 5.75 Å². The summed E-state index contributed by atoms with van der Waals surface area (Å²) in [5.74, 6) is -8.11. The van der Waals surface area contributed by atoms with Gasteiger partial charge in [-0.2, -0.15) is 0 Å². The summed E-state index contributed by atoms with van der Waals surface area (Å²) in [4.78, 5) is 159. The van der Waals surface area contributed by atoms with Crippen LogP contribution < -0.4 is 52.6 Å². The second kappa shape index (κ2) is 60.6. The Morgan fingerprint density at radius 1 is 0.349 bits per heavy atom. The molecule has 738 valence electrons. The number of nitrogens with one attached hydrogen (secondary N) is 9. The van der Waals surface area contributed by atoms with E-state index in [1.165, 1.54) is 27.7 Å². The number of phosphoric ester groups is 1. The highest BCUT2D eigenvalue weighted by Gasteiger charge is 2.49. The van der Waals surface area contributed by atoms with Crippen LogP contribution in [-0.4, -0.2) is 396 Å². The topological polar surface area (TPSA) is 684 Å². The van der Waals surface area contributed by atoms with E-state index in [4.69, 9.17) is 47.2 Å². The summed E-state index contributed by atoms with van der Waals surface area (Å²) < 4.78 is 72.8. The van der Waals surface area contributed by atoms with Crippen molar-refractivity contribution in [3.05, 3.63) is 29.3 Å². The van der Waals surface area contributed by atoms with Crippen LogP contribution in [-0.2, 0) is 94.7 Å². The Bertz CT molecular complexity index is 3270. The normalized spacial score (nSPS) is 26.1. The predicted octanol–water partition coefficient (Wildman–Crippen LogP) is -6.06. The van der Waals surface area contributed by atoms with Crippen molar-refractivity contribution in [2.45, 2.75) is 279 Å². The molecule has 0 radical (unpaired) electrons. The Hall–Kier alpha value is -7.50. The maximum absolute atomic E-state index is 15.3. The van der Waals surface area contributed by atoms with E-state index in [-0.39, 0.29) is 82.6 Å². The minimum atomic E-state index is -4.18. The van der Waals surface area contributed by atoms with Gasteiger partial charge >= 0.3 is 7.82 Å². The minimum absolute atomic E-state index is 0.0556. The number of rotatable bonds is 62. The summed E-state index contributed by atoms with van der Waals surface area (Å²) in [5.41, 5.74) is -0.766. The van der Waals surface area contributed by atoms with Crippen LogP contribution >= 0.6 is 7.82 Å². The van der Waals surface area contributed by atoms with Crippen LogP contribution in [0.15, 0.2) is 18.2 Å². The average Bonchev–Trinajstić information content (AvgIpc) is 0.816. The van der Waals surface area contributed by atoms with Gasteiger partial charge < -0.3 is 166 Å². The molecule has 129 heavy (non-hydrogen) atoms. The highest BCUT2D eigenvalue weighted by atomic mass is 31.2. The molecule has 5 rings (SSSR count). The van der Waals surface area contributed by atoms with Gasteiger partial charge in [0.1, 0.15) is 129 Å². The SMILES string of the molecule is COP(=O)(O)OCCCCCCNC(=O)COc1cc(C(=O)N(CC(=O)NCCCCCCOC2OC(CO)C(O)C(O)C2NC(C)=O)CC(=O)NCCCCCCOC2OC(CO)C(O)C(O)C2NC(C)=O)cc(C(=O)N(CC(=O)NCCCCCCOC2OC(CO)C(O)C(O)C2NC(C)=O)CC(=O)NCCCCCCOC2OC(CO)C(O)C(O)C2NC(C)=O)c1. The molecule has 0 saturated carbocycles. The zero-order valence-corrected chi connectivity index (χ0v) is 74.8. The Labute approximate surface area is 748 Å². The molecule has 22 N–H and O–H groups in total. The van der Waals surface area contributed by atoms with Gasteiger partial charge in [-0.25, -0.2) is 4.57 Å². The number of ether oxygens (including phenoxy) is 9. The summed E-state index contributed by atoms with van der Waals surface area (Å²) in [6.07, 6.45) is -12.6. The number of carbonyl (C=O) groups is 11. The molecular formula is C81H138N11O36P. The number of hydrogen-bond acceptors (Lipinski definition) is 35. The van der Waals surface area contributed by atoms with E-state index >= 15 is 9.59 Å². The van der Waals surface area contributed by atoms with Gasteiger partial charge in [-0.3, -0.25) is 61.8 Å². The molecule has 1 aromatic rings. The third-order valence-electron chi connectivity index (χ3n) is 21.3. The van der Waals surface area contributed by atoms with Crippen LogP contribution in [0.3, 0.4) is 0 Å². The van der Waals surface area contributed by atoms with Gasteiger partial charge in [0.2, 0.25) is 47.3 Å². The summed E-state index contributed by atoms with van der Waals surface area (Å²) in [7, 11) is -3.15. The molecule has 21 unspecified atom stereocenters. The fourth-order valence-corrected chi connectivity index (χ4v) is 14.8. The van der Waals surface area contributed by atoms with E-state index in [0.717, 1.165) is 35.1 Å². The van der Waals surface area contributed by atoms with Crippen LogP contribution in [0.1, 0.15) is 177 Å². The first-order valence-corrected chi connectivity index (χ1v) is 45.3. The molecular weight excluding hydrogens is 1730 g/mol. The molecule has 11 amide bonds. The average molecular weight is 1870 g/mol. The largest absolute Gasteiger partial charge is 0.484 e. The van der Waals surface area contributed by atoms with Crippen molar-refractivity contribution < 1.29 is 175 Å². The number of hydrogen-bond donors (Lipinski definition) is 22. The molecule has 4 saturated heterocycles. The van der Waals surface area contributed by atoms with Crippen molar-refractivity contribution in [1.29, 1.82) is 0 Å². The predicted molar refractivity (Wildman–Crippen MR) is 449 cm³/mol. The first kappa shape index (κ1) is 112. The quantitative estimate of drug-likeness (QED) is 0.0213. The summed E-state index contributed by atoms with van der Waals surface area (Å²) >= 11 is 0. The van der Waals surface area contributed by atoms with E-state index < -0.39 is 255 Å². The van der Waals surface area contributed by atoms with Gasteiger partial charge in [-0.1, -0.05) is 64.2 Å². The van der Waals surface area contributed by atoms with Crippen LogP contribution in [0, 0.1) is 0 Å². The fraction of sp³-hybridized carbons (Fsp3) is 0.790. The Morgan fingerprint density at radius 3 is 0.829 bits per heavy atom. The number of nitrogens with zero attached hydrogens (tertiary/aromatic N) is 2. The van der Waals surface area contributed by atoms with Crippen LogP contribution in [0.25, 0.3) is 0 Å². The lowest BCUT2D eigenvalue weighted by Gasteiger charge is -2.42. The molecule has 0 aliphatic carbocycles. The maximum atomic E-state index is 15.3. The Kier molecular flexibility index (Phi) is 52.6. The summed E-state index contributed by atoms with van der Waals surface area (Å²) in [5, 5.41) is 147. The molecule has 0 spiro atoms. The molecule has 4 heterocycles. The van der Waals surface area contributed by atoms with Gasteiger partial charge in [-0.15, -0.1) is 0 Å². The first-order chi connectivity index (χ1) is 61.6. The van der Waals surface area contributed by atoms with E-state index in [2.05, 4.69) is 52.4 Å². The zero-order chi connectivity index (χ0) is 95.1. The molecule has 4 aliphatic rings. The van der Waals surface area contributed by atoms with E-state index in [1.807, 2.05) is 0 Å². The zero-order valence-electron chi connectivity index (χ0n) is 73.9. The lowest BCUT2D eigenvalue weighted by atomic mass is 9.97. The van der Waals surface area contributed by atoms with Gasteiger partial charge in [-0.05, 0) is 82.4 Å². The maximum Gasteiger partial charge on any atom is 0.471 e. The number of amides is 11. The lowest BCUT2D eigenvalue weighted by Crippen LogP contribution is -2.64. The number of phosphoric acid groups is 1. The van der Waals surface area contributed by atoms with Crippen molar-refractivity contribution in [3.63, 3.8) is 0 Å². The fourth-order valence-electron chi connectivity index (χ4n) is 14.3. The minimum Gasteiger partial charge on any atom is -0.484 e. The third kappa shape index (κ3) is 40.5. The van der Waals surface area contributed by atoms with E-state index in [1.54, 1.807) is 0 Å². The second-order valence-corrected chi connectivity index (χ2v) is 33.4. The van der Waals surface area contributed by atoms with E-state index in [0.29, 0.717) is 128 Å². The smallest absolute Gasteiger partial charge is 0.471 e. The second-order valence-electron chi connectivity index (χ2n) is 31.9. The Morgan fingerprint density at radius 2 is 0.589 bits per heavy atom. The van der Waals surface area contributed by atoms with Crippen molar-refractivity contribution >= 4 is 72.8 Å². The number of carbonyl (C=O) groups excluding carboxylic acids is 11. The number of aliphatic hydroxyl groups excluding tert-OH is 12. The van der Waals surface area contributed by atoms with Crippen molar-refractivity contribution in [2.24, 2.45) is 0 Å². The molecule has 0 bridgehead atoms. The van der Waals surface area contributed by atoms with Gasteiger partial charge in [0.05, 0.1) is 33.0 Å². The van der Waals surface area contributed by atoms with Crippen molar-refractivity contribution in [3.8, 4) is 5.75 Å².